The van der Waals surface area contributed by atoms with E-state index in [0.29, 0.717) is 5.57 Å². The lowest BCUT2D eigenvalue weighted by atomic mass is 10.0. The number of halogens is 3. The van der Waals surface area contributed by atoms with Crippen molar-refractivity contribution in [3.05, 3.63) is 34.7 Å². The van der Waals surface area contributed by atoms with E-state index in [2.05, 4.69) is 0 Å². The Morgan fingerprint density at radius 3 is 2.44 bits per heavy atom. The Bertz CT molecular complexity index is 618. The van der Waals surface area contributed by atoms with Crippen LogP contribution in [-0.4, -0.2) is 15.0 Å². The SMILES string of the molecule is NCCC1=CS(=O)(=O)c2ccc(C(F)(F)F)cc21. The zero-order valence-electron chi connectivity index (χ0n) is 9.16. The van der Waals surface area contributed by atoms with Gasteiger partial charge in [0.2, 0.25) is 9.84 Å². The van der Waals surface area contributed by atoms with Crippen molar-refractivity contribution in [3.63, 3.8) is 0 Å². The zero-order chi connectivity index (χ0) is 13.6. The molecule has 0 spiro atoms. The summed E-state index contributed by atoms with van der Waals surface area (Å²) in [6.45, 7) is 0.178. The van der Waals surface area contributed by atoms with Crippen LogP contribution in [0.2, 0.25) is 0 Å². The third-order valence-corrected chi connectivity index (χ3v) is 4.23. The monoisotopic (exact) mass is 277 g/mol. The van der Waals surface area contributed by atoms with Gasteiger partial charge in [0.05, 0.1) is 10.5 Å². The van der Waals surface area contributed by atoms with Crippen molar-refractivity contribution < 1.29 is 21.6 Å². The quantitative estimate of drug-likeness (QED) is 0.901. The van der Waals surface area contributed by atoms with Crippen LogP contribution in [-0.2, 0) is 16.0 Å². The normalized spacial score (nSPS) is 17.4. The molecule has 3 nitrogen and oxygen atoms in total. The number of sulfone groups is 1. The first-order valence-corrected chi connectivity index (χ1v) is 6.67. The van der Waals surface area contributed by atoms with Gasteiger partial charge in [0, 0.05) is 5.41 Å². The summed E-state index contributed by atoms with van der Waals surface area (Å²) in [5.41, 5.74) is 4.90. The predicted octanol–water partition coefficient (Wildman–Crippen LogP) is 2.18. The maximum absolute atomic E-state index is 12.6. The van der Waals surface area contributed by atoms with Gasteiger partial charge in [0.15, 0.2) is 0 Å². The second-order valence-corrected chi connectivity index (χ2v) is 5.70. The number of fused-ring (bicyclic) bond motifs is 1. The van der Waals surface area contributed by atoms with E-state index in [1.54, 1.807) is 0 Å². The molecular weight excluding hydrogens is 267 g/mol. The molecule has 0 radical (unpaired) electrons. The lowest BCUT2D eigenvalue weighted by Gasteiger charge is -2.09. The average molecular weight is 277 g/mol. The summed E-state index contributed by atoms with van der Waals surface area (Å²) < 4.78 is 61.1. The van der Waals surface area contributed by atoms with Gasteiger partial charge in [-0.2, -0.15) is 13.2 Å². The first-order chi connectivity index (χ1) is 8.25. The zero-order valence-corrected chi connectivity index (χ0v) is 9.98. The van der Waals surface area contributed by atoms with Gasteiger partial charge in [0.1, 0.15) is 0 Å². The Labute approximate surface area is 102 Å². The molecule has 1 aromatic rings. The van der Waals surface area contributed by atoms with E-state index in [0.717, 1.165) is 23.6 Å². The summed E-state index contributed by atoms with van der Waals surface area (Å²) in [4.78, 5) is -0.0843. The second kappa shape index (κ2) is 4.10. The predicted molar refractivity (Wildman–Crippen MR) is 60.3 cm³/mol. The number of hydrogen-bond donors (Lipinski definition) is 1. The molecular formula is C11H10F3NO2S. The molecule has 1 aliphatic rings. The molecule has 0 aliphatic carbocycles. The highest BCUT2D eigenvalue weighted by atomic mass is 32.2. The van der Waals surface area contributed by atoms with Gasteiger partial charge in [0.25, 0.3) is 0 Å². The number of benzene rings is 1. The number of nitrogens with two attached hydrogens (primary N) is 1. The molecule has 1 aliphatic heterocycles. The van der Waals surface area contributed by atoms with E-state index >= 15 is 0 Å². The van der Waals surface area contributed by atoms with E-state index < -0.39 is 21.6 Å². The van der Waals surface area contributed by atoms with E-state index in [1.165, 1.54) is 0 Å². The highest BCUT2D eigenvalue weighted by Gasteiger charge is 2.34. The first kappa shape index (κ1) is 13.1. The molecule has 0 saturated carbocycles. The molecule has 2 N–H and O–H groups in total. The van der Waals surface area contributed by atoms with E-state index in [1.807, 2.05) is 0 Å². The molecule has 0 amide bonds. The van der Waals surface area contributed by atoms with Gasteiger partial charge in [-0.15, -0.1) is 0 Å². The minimum Gasteiger partial charge on any atom is -0.330 e. The van der Waals surface area contributed by atoms with Crippen LogP contribution in [0, 0.1) is 0 Å². The van der Waals surface area contributed by atoms with Crippen molar-refractivity contribution in [2.24, 2.45) is 5.73 Å². The average Bonchev–Trinajstić information content (AvgIpc) is 2.50. The Balaban J connectivity index is 2.60. The van der Waals surface area contributed by atoms with Crippen molar-refractivity contribution in [3.8, 4) is 0 Å². The molecule has 18 heavy (non-hydrogen) atoms. The maximum atomic E-state index is 12.6. The molecule has 0 bridgehead atoms. The van der Waals surface area contributed by atoms with Crippen LogP contribution in [0.1, 0.15) is 17.5 Å². The Kier molecular flexibility index (Phi) is 2.98. The number of rotatable bonds is 2. The van der Waals surface area contributed by atoms with Crippen molar-refractivity contribution >= 4 is 15.4 Å². The van der Waals surface area contributed by atoms with E-state index in [-0.39, 0.29) is 23.4 Å². The van der Waals surface area contributed by atoms with E-state index in [4.69, 9.17) is 5.73 Å². The fourth-order valence-electron chi connectivity index (χ4n) is 1.87. The summed E-state index contributed by atoms with van der Waals surface area (Å²) in [7, 11) is -3.62. The van der Waals surface area contributed by atoms with Crippen LogP contribution in [0.15, 0.2) is 28.5 Å². The van der Waals surface area contributed by atoms with Gasteiger partial charge in [-0.25, -0.2) is 8.42 Å². The Hall–Kier alpha value is -1.34. The van der Waals surface area contributed by atoms with Gasteiger partial charge in [-0.05, 0) is 42.3 Å². The largest absolute Gasteiger partial charge is 0.416 e. The molecule has 0 fully saturated rings. The fraction of sp³-hybridized carbons (Fsp3) is 0.273. The molecule has 7 heteroatoms. The molecule has 1 heterocycles. The summed E-state index contributed by atoms with van der Waals surface area (Å²) in [5.74, 6) is 0. The van der Waals surface area contributed by atoms with Crippen molar-refractivity contribution in [2.45, 2.75) is 17.5 Å². The van der Waals surface area contributed by atoms with Crippen LogP contribution < -0.4 is 5.73 Å². The summed E-state index contributed by atoms with van der Waals surface area (Å²) in [6, 6.07) is 2.63. The topological polar surface area (TPSA) is 60.2 Å². The molecule has 0 atom stereocenters. The Morgan fingerprint density at radius 1 is 1.22 bits per heavy atom. The molecule has 98 valence electrons. The highest BCUT2D eigenvalue weighted by Crippen LogP contribution is 2.39. The minimum atomic E-state index is -4.49. The maximum Gasteiger partial charge on any atom is 0.416 e. The minimum absolute atomic E-state index is 0.0843. The molecule has 2 rings (SSSR count). The summed E-state index contributed by atoms with van der Waals surface area (Å²) >= 11 is 0. The van der Waals surface area contributed by atoms with Crippen LogP contribution in [0.25, 0.3) is 5.57 Å². The third kappa shape index (κ3) is 2.15. The van der Waals surface area contributed by atoms with Crippen LogP contribution in [0.5, 0.6) is 0 Å². The smallest absolute Gasteiger partial charge is 0.330 e. The molecule has 0 aromatic heterocycles. The van der Waals surface area contributed by atoms with E-state index in [9.17, 15) is 21.6 Å². The Morgan fingerprint density at radius 2 is 1.89 bits per heavy atom. The summed E-state index contributed by atoms with van der Waals surface area (Å²) in [6.07, 6.45) is -4.26. The number of hydrogen-bond acceptors (Lipinski definition) is 3. The number of alkyl halides is 3. The van der Waals surface area contributed by atoms with Crippen LogP contribution in [0.4, 0.5) is 13.2 Å². The standard InChI is InChI=1S/C11H10F3NO2S/c12-11(13,14)8-1-2-10-9(5-8)7(3-4-15)6-18(10,16)17/h1-2,5-6H,3-4,15H2. The second-order valence-electron chi connectivity index (χ2n) is 3.94. The van der Waals surface area contributed by atoms with Gasteiger partial charge in [-0.3, -0.25) is 0 Å². The third-order valence-electron chi connectivity index (χ3n) is 2.67. The van der Waals surface area contributed by atoms with Crippen molar-refractivity contribution in [1.29, 1.82) is 0 Å². The molecule has 0 saturated heterocycles. The molecule has 1 aromatic carbocycles. The van der Waals surface area contributed by atoms with Gasteiger partial charge in [-0.1, -0.05) is 0 Å². The lowest BCUT2D eigenvalue weighted by molar-refractivity contribution is -0.137. The highest BCUT2D eigenvalue weighted by molar-refractivity contribution is 7.95. The summed E-state index contributed by atoms with van der Waals surface area (Å²) in [5, 5.41) is 0.991. The lowest BCUT2D eigenvalue weighted by Crippen LogP contribution is -2.06. The molecule has 0 unspecified atom stereocenters. The van der Waals surface area contributed by atoms with Gasteiger partial charge >= 0.3 is 6.18 Å². The van der Waals surface area contributed by atoms with Crippen molar-refractivity contribution in [1.82, 2.24) is 0 Å². The van der Waals surface area contributed by atoms with Crippen LogP contribution >= 0.6 is 0 Å². The first-order valence-electron chi connectivity index (χ1n) is 5.13. The van der Waals surface area contributed by atoms with Gasteiger partial charge < -0.3 is 5.73 Å². The van der Waals surface area contributed by atoms with Crippen LogP contribution in [0.3, 0.4) is 0 Å². The van der Waals surface area contributed by atoms with Crippen molar-refractivity contribution in [2.75, 3.05) is 6.54 Å². The fourth-order valence-corrected chi connectivity index (χ4v) is 3.37.